The molecule has 0 spiro atoms. The number of hydrogen-bond acceptors (Lipinski definition) is 5. The Morgan fingerprint density at radius 1 is 1.29 bits per heavy atom. The monoisotopic (exact) mass is 346 g/mol. The second-order valence-electron chi connectivity index (χ2n) is 5.26. The Morgan fingerprint density at radius 2 is 2.12 bits per heavy atom. The lowest BCUT2D eigenvalue weighted by molar-refractivity contribution is 0.407. The van der Waals surface area contributed by atoms with Gasteiger partial charge in [0.15, 0.2) is 11.3 Å². The van der Waals surface area contributed by atoms with Gasteiger partial charge < -0.3 is 9.15 Å². The molecule has 0 amide bonds. The van der Waals surface area contributed by atoms with Crippen molar-refractivity contribution in [3.05, 3.63) is 54.0 Å². The van der Waals surface area contributed by atoms with Crippen molar-refractivity contribution >= 4 is 21.0 Å². The van der Waals surface area contributed by atoms with E-state index in [1.54, 1.807) is 30.6 Å². The van der Waals surface area contributed by atoms with Gasteiger partial charge in [0.2, 0.25) is 10.0 Å². The van der Waals surface area contributed by atoms with E-state index in [2.05, 4.69) is 9.71 Å². The first-order valence-corrected chi connectivity index (χ1v) is 9.01. The van der Waals surface area contributed by atoms with E-state index in [0.29, 0.717) is 28.9 Å². The van der Waals surface area contributed by atoms with Crippen LogP contribution in [0, 0.1) is 0 Å². The molecule has 0 unspecified atom stereocenters. The Hall–Kier alpha value is -2.38. The van der Waals surface area contributed by atoms with Crippen molar-refractivity contribution < 1.29 is 17.6 Å². The van der Waals surface area contributed by atoms with Gasteiger partial charge in [-0.05, 0) is 29.8 Å². The van der Waals surface area contributed by atoms with E-state index in [9.17, 15) is 8.42 Å². The molecular formula is C17H18N2O4S. The standard InChI is InChI=1S/C17H18N2O4S/c1-3-13-9-14-16(7-6-15(22-2)17(14)23-13)24(20,21)19-11-12-5-4-8-18-10-12/h4-10,19H,3,11H2,1-2H3. The number of nitrogens with one attached hydrogen (secondary N) is 1. The molecule has 0 atom stereocenters. The summed E-state index contributed by atoms with van der Waals surface area (Å²) >= 11 is 0. The third-order valence-corrected chi connectivity index (χ3v) is 5.16. The summed E-state index contributed by atoms with van der Waals surface area (Å²) in [5.74, 6) is 1.22. The van der Waals surface area contributed by atoms with Crippen LogP contribution in [0.2, 0.25) is 0 Å². The molecule has 3 aromatic rings. The number of furan rings is 1. The highest BCUT2D eigenvalue weighted by atomic mass is 32.2. The maximum atomic E-state index is 12.7. The van der Waals surface area contributed by atoms with Crippen LogP contribution >= 0.6 is 0 Å². The Morgan fingerprint density at radius 3 is 2.79 bits per heavy atom. The summed E-state index contributed by atoms with van der Waals surface area (Å²) in [5, 5.41) is 0.518. The summed E-state index contributed by atoms with van der Waals surface area (Å²) in [7, 11) is -2.17. The number of fused-ring (bicyclic) bond motifs is 1. The quantitative estimate of drug-likeness (QED) is 0.742. The number of ether oxygens (including phenoxy) is 1. The average molecular weight is 346 g/mol. The van der Waals surface area contributed by atoms with Gasteiger partial charge in [-0.1, -0.05) is 13.0 Å². The number of pyridine rings is 1. The van der Waals surface area contributed by atoms with Crippen molar-refractivity contribution in [2.24, 2.45) is 0 Å². The Bertz CT molecular complexity index is 949. The zero-order chi connectivity index (χ0) is 17.2. The second-order valence-corrected chi connectivity index (χ2v) is 7.00. The van der Waals surface area contributed by atoms with Crippen LogP contribution in [0.3, 0.4) is 0 Å². The topological polar surface area (TPSA) is 81.4 Å². The van der Waals surface area contributed by atoms with Gasteiger partial charge >= 0.3 is 0 Å². The third-order valence-electron chi connectivity index (χ3n) is 3.71. The van der Waals surface area contributed by atoms with E-state index < -0.39 is 10.0 Å². The minimum atomic E-state index is -3.70. The first-order valence-electron chi connectivity index (χ1n) is 7.53. The van der Waals surface area contributed by atoms with Crippen LogP contribution in [0.1, 0.15) is 18.2 Å². The van der Waals surface area contributed by atoms with E-state index in [1.807, 2.05) is 13.0 Å². The SMILES string of the molecule is CCc1cc2c(S(=O)(=O)NCc3cccnc3)ccc(OC)c2o1. The maximum absolute atomic E-state index is 12.7. The minimum Gasteiger partial charge on any atom is -0.493 e. The molecule has 7 heteroatoms. The maximum Gasteiger partial charge on any atom is 0.241 e. The zero-order valence-corrected chi connectivity index (χ0v) is 14.3. The summed E-state index contributed by atoms with van der Waals surface area (Å²) in [6.07, 6.45) is 3.93. The molecule has 1 aromatic carbocycles. The molecule has 0 saturated heterocycles. The van der Waals surface area contributed by atoms with Crippen molar-refractivity contribution in [2.75, 3.05) is 7.11 Å². The van der Waals surface area contributed by atoms with E-state index in [0.717, 1.165) is 5.56 Å². The van der Waals surface area contributed by atoms with Gasteiger partial charge in [0.05, 0.1) is 12.0 Å². The van der Waals surface area contributed by atoms with Crippen LogP contribution in [0.4, 0.5) is 0 Å². The molecule has 0 radical (unpaired) electrons. The third kappa shape index (κ3) is 3.13. The van der Waals surface area contributed by atoms with Gasteiger partial charge in [-0.15, -0.1) is 0 Å². The molecule has 0 saturated carbocycles. The van der Waals surface area contributed by atoms with Gasteiger partial charge in [0.25, 0.3) is 0 Å². The molecule has 6 nitrogen and oxygen atoms in total. The molecule has 2 heterocycles. The van der Waals surface area contributed by atoms with Gasteiger partial charge in [-0.25, -0.2) is 13.1 Å². The number of aromatic nitrogens is 1. The highest BCUT2D eigenvalue weighted by molar-refractivity contribution is 7.89. The van der Waals surface area contributed by atoms with Crippen LogP contribution < -0.4 is 9.46 Å². The van der Waals surface area contributed by atoms with E-state index in [-0.39, 0.29) is 11.4 Å². The molecule has 0 bridgehead atoms. The molecule has 3 rings (SSSR count). The molecular weight excluding hydrogens is 328 g/mol. The van der Waals surface area contributed by atoms with Crippen molar-refractivity contribution in [3.8, 4) is 5.75 Å². The van der Waals surface area contributed by atoms with Crippen molar-refractivity contribution in [1.82, 2.24) is 9.71 Å². The fourth-order valence-electron chi connectivity index (χ4n) is 2.45. The number of sulfonamides is 1. The van der Waals surface area contributed by atoms with E-state index in [1.165, 1.54) is 13.2 Å². The van der Waals surface area contributed by atoms with Crippen LogP contribution in [0.15, 0.2) is 52.0 Å². The second kappa shape index (κ2) is 6.62. The summed E-state index contributed by atoms with van der Waals surface area (Å²) < 4.78 is 39.0. The largest absolute Gasteiger partial charge is 0.493 e. The number of hydrogen-bond donors (Lipinski definition) is 1. The average Bonchev–Trinajstić information content (AvgIpc) is 3.04. The first kappa shape index (κ1) is 16.5. The van der Waals surface area contributed by atoms with Crippen LogP contribution in [0.25, 0.3) is 11.0 Å². The smallest absolute Gasteiger partial charge is 0.241 e. The van der Waals surface area contributed by atoms with Crippen molar-refractivity contribution in [3.63, 3.8) is 0 Å². The van der Waals surface area contributed by atoms with Crippen LogP contribution in [-0.2, 0) is 23.0 Å². The summed E-state index contributed by atoms with van der Waals surface area (Å²) in [5.41, 5.74) is 1.23. The fraction of sp³-hybridized carbons (Fsp3) is 0.235. The number of methoxy groups -OCH3 is 1. The molecule has 126 valence electrons. The fourth-order valence-corrected chi connectivity index (χ4v) is 3.65. The first-order chi connectivity index (χ1) is 11.5. The molecule has 0 aliphatic carbocycles. The lowest BCUT2D eigenvalue weighted by Crippen LogP contribution is -2.23. The minimum absolute atomic E-state index is 0.169. The summed E-state index contributed by atoms with van der Waals surface area (Å²) in [6, 6.07) is 8.45. The van der Waals surface area contributed by atoms with Gasteiger partial charge in [0, 0.05) is 30.7 Å². The Balaban J connectivity index is 1.99. The Labute approximate surface area is 140 Å². The lowest BCUT2D eigenvalue weighted by Gasteiger charge is -2.09. The van der Waals surface area contributed by atoms with E-state index >= 15 is 0 Å². The van der Waals surface area contributed by atoms with Gasteiger partial charge in [-0.2, -0.15) is 0 Å². The number of aryl methyl sites for hydroxylation is 1. The van der Waals surface area contributed by atoms with Crippen molar-refractivity contribution in [1.29, 1.82) is 0 Å². The predicted octanol–water partition coefficient (Wildman–Crippen LogP) is 2.88. The number of benzene rings is 1. The van der Waals surface area contributed by atoms with Gasteiger partial charge in [0.1, 0.15) is 5.76 Å². The highest BCUT2D eigenvalue weighted by Crippen LogP contribution is 2.33. The number of rotatable bonds is 6. The Kier molecular flexibility index (Phi) is 4.55. The lowest BCUT2D eigenvalue weighted by atomic mass is 10.2. The van der Waals surface area contributed by atoms with Crippen molar-refractivity contribution in [2.45, 2.75) is 24.8 Å². The van der Waals surface area contributed by atoms with Gasteiger partial charge in [-0.3, -0.25) is 4.98 Å². The molecule has 2 aromatic heterocycles. The number of nitrogens with zero attached hydrogens (tertiary/aromatic N) is 1. The highest BCUT2D eigenvalue weighted by Gasteiger charge is 2.21. The predicted molar refractivity (Wildman–Crippen MR) is 90.4 cm³/mol. The van der Waals surface area contributed by atoms with Crippen LogP contribution in [-0.4, -0.2) is 20.5 Å². The molecule has 0 fully saturated rings. The molecule has 0 aliphatic rings. The summed E-state index contributed by atoms with van der Waals surface area (Å²) in [6.45, 7) is 2.11. The molecule has 24 heavy (non-hydrogen) atoms. The molecule has 1 N–H and O–H groups in total. The van der Waals surface area contributed by atoms with Crippen LogP contribution in [0.5, 0.6) is 5.75 Å². The normalized spacial score (nSPS) is 11.8. The van der Waals surface area contributed by atoms with E-state index in [4.69, 9.17) is 9.15 Å². The molecule has 0 aliphatic heterocycles. The zero-order valence-electron chi connectivity index (χ0n) is 13.4. The summed E-state index contributed by atoms with van der Waals surface area (Å²) in [4.78, 5) is 4.15.